The second-order valence-corrected chi connectivity index (χ2v) is 5.16. The summed E-state index contributed by atoms with van der Waals surface area (Å²) in [4.78, 5) is 8.05. The number of benzene rings is 1. The first-order valence-corrected chi connectivity index (χ1v) is 6.75. The highest BCUT2D eigenvalue weighted by atomic mass is 32.1. The zero-order chi connectivity index (χ0) is 15.0. The van der Waals surface area contributed by atoms with Gasteiger partial charge in [0.05, 0.1) is 5.56 Å². The van der Waals surface area contributed by atoms with E-state index >= 15 is 0 Å². The highest BCUT2D eigenvalue weighted by Crippen LogP contribution is 2.39. The monoisotopic (exact) mass is 314 g/mol. The number of fused-ring (bicyclic) bond motifs is 1. The van der Waals surface area contributed by atoms with Gasteiger partial charge in [0.15, 0.2) is 18.1 Å². The number of hydrogen-bond donors (Lipinski definition) is 0. The van der Waals surface area contributed by atoms with Crippen molar-refractivity contribution in [2.24, 2.45) is 0 Å². The van der Waals surface area contributed by atoms with Crippen LogP contribution in [-0.2, 0) is 4.74 Å². The summed E-state index contributed by atoms with van der Waals surface area (Å²) in [7, 11) is 1.02. The molecule has 2 aromatic heterocycles. The SMILES string of the molecule is COC(c1cc(-c2nccs2)c2ocnc2c1)C(F)(F)F. The molecule has 0 saturated carbocycles. The molecule has 2 heterocycles. The van der Waals surface area contributed by atoms with Gasteiger partial charge in [-0.15, -0.1) is 11.3 Å². The zero-order valence-corrected chi connectivity index (χ0v) is 11.5. The summed E-state index contributed by atoms with van der Waals surface area (Å²) in [5.41, 5.74) is 1.19. The Morgan fingerprint density at radius 1 is 1.29 bits per heavy atom. The van der Waals surface area contributed by atoms with Crippen LogP contribution in [0.1, 0.15) is 11.7 Å². The molecule has 0 saturated heterocycles. The maximum Gasteiger partial charge on any atom is 0.418 e. The van der Waals surface area contributed by atoms with Gasteiger partial charge in [0.25, 0.3) is 0 Å². The van der Waals surface area contributed by atoms with E-state index in [0.29, 0.717) is 21.7 Å². The van der Waals surface area contributed by atoms with Crippen LogP contribution in [0.15, 0.2) is 34.5 Å². The van der Waals surface area contributed by atoms with Crippen LogP contribution >= 0.6 is 11.3 Å². The molecule has 0 N–H and O–H groups in total. The van der Waals surface area contributed by atoms with Crippen LogP contribution in [0.25, 0.3) is 21.7 Å². The van der Waals surface area contributed by atoms with Gasteiger partial charge in [0.2, 0.25) is 0 Å². The Balaban J connectivity index is 2.21. The molecule has 0 aliphatic heterocycles. The number of halogens is 3. The number of methoxy groups -OCH3 is 1. The number of thiazole rings is 1. The fourth-order valence-electron chi connectivity index (χ4n) is 2.12. The second-order valence-electron chi connectivity index (χ2n) is 4.26. The summed E-state index contributed by atoms with van der Waals surface area (Å²) in [6, 6.07) is 2.70. The minimum absolute atomic E-state index is 0.0309. The van der Waals surface area contributed by atoms with Gasteiger partial charge in [-0.2, -0.15) is 13.2 Å². The van der Waals surface area contributed by atoms with Gasteiger partial charge < -0.3 is 9.15 Å². The molecule has 1 atom stereocenters. The average Bonchev–Trinajstić information content (AvgIpc) is 3.08. The number of oxazole rings is 1. The summed E-state index contributed by atoms with van der Waals surface area (Å²) in [5, 5.41) is 2.30. The van der Waals surface area contributed by atoms with E-state index in [4.69, 9.17) is 4.42 Å². The van der Waals surface area contributed by atoms with E-state index in [1.165, 1.54) is 29.9 Å². The Bertz CT molecular complexity index is 752. The number of aromatic nitrogens is 2. The van der Waals surface area contributed by atoms with Crippen molar-refractivity contribution in [1.29, 1.82) is 0 Å². The molecular weight excluding hydrogens is 305 g/mol. The molecule has 110 valence electrons. The fraction of sp³-hybridized carbons (Fsp3) is 0.231. The number of nitrogens with zero attached hydrogens (tertiary/aromatic N) is 2. The summed E-state index contributed by atoms with van der Waals surface area (Å²) >= 11 is 1.31. The summed E-state index contributed by atoms with van der Waals surface area (Å²) in [6.45, 7) is 0. The molecule has 0 spiro atoms. The van der Waals surface area contributed by atoms with E-state index in [1.807, 2.05) is 0 Å². The number of alkyl halides is 3. The molecule has 0 bridgehead atoms. The van der Waals surface area contributed by atoms with E-state index in [2.05, 4.69) is 14.7 Å². The molecule has 0 fully saturated rings. The van der Waals surface area contributed by atoms with Crippen molar-refractivity contribution in [1.82, 2.24) is 9.97 Å². The fourth-order valence-corrected chi connectivity index (χ4v) is 2.77. The van der Waals surface area contributed by atoms with Crippen molar-refractivity contribution < 1.29 is 22.3 Å². The second kappa shape index (κ2) is 5.12. The molecule has 0 aliphatic carbocycles. The van der Waals surface area contributed by atoms with Gasteiger partial charge in [-0.1, -0.05) is 0 Å². The average molecular weight is 314 g/mol. The van der Waals surface area contributed by atoms with Crippen LogP contribution in [0.2, 0.25) is 0 Å². The molecular formula is C13H9F3N2O2S. The highest BCUT2D eigenvalue weighted by Gasteiger charge is 2.41. The van der Waals surface area contributed by atoms with E-state index in [1.54, 1.807) is 11.6 Å². The van der Waals surface area contributed by atoms with Gasteiger partial charge >= 0.3 is 6.18 Å². The third-order valence-electron chi connectivity index (χ3n) is 2.95. The lowest BCUT2D eigenvalue weighted by molar-refractivity contribution is -0.215. The van der Waals surface area contributed by atoms with Gasteiger partial charge in [-0.05, 0) is 17.7 Å². The molecule has 1 unspecified atom stereocenters. The largest absolute Gasteiger partial charge is 0.443 e. The van der Waals surface area contributed by atoms with Crippen LogP contribution in [0.3, 0.4) is 0 Å². The standard InChI is InChI=1S/C13H9F3N2O2S/c1-19-11(13(14,15)16)7-4-8(12-17-2-3-21-12)10-9(5-7)18-6-20-10/h2-6,11H,1H3. The minimum Gasteiger partial charge on any atom is -0.443 e. The van der Waals surface area contributed by atoms with Gasteiger partial charge in [-0.3, -0.25) is 0 Å². The lowest BCUT2D eigenvalue weighted by atomic mass is 10.0. The van der Waals surface area contributed by atoms with Crippen molar-refractivity contribution >= 4 is 22.4 Å². The summed E-state index contributed by atoms with van der Waals surface area (Å²) in [6.07, 6.45) is -3.75. The maximum absolute atomic E-state index is 13.0. The van der Waals surface area contributed by atoms with Crippen molar-refractivity contribution in [2.45, 2.75) is 12.3 Å². The van der Waals surface area contributed by atoms with Crippen molar-refractivity contribution in [2.75, 3.05) is 7.11 Å². The van der Waals surface area contributed by atoms with Gasteiger partial charge in [0, 0.05) is 18.7 Å². The third kappa shape index (κ3) is 2.52. The Morgan fingerprint density at radius 3 is 2.71 bits per heavy atom. The molecule has 3 rings (SSSR count). The van der Waals surface area contributed by atoms with Crippen molar-refractivity contribution in [3.05, 3.63) is 35.7 Å². The molecule has 3 aromatic rings. The highest BCUT2D eigenvalue weighted by molar-refractivity contribution is 7.13. The third-order valence-corrected chi connectivity index (χ3v) is 3.76. The van der Waals surface area contributed by atoms with Crippen LogP contribution in [0.4, 0.5) is 13.2 Å². The van der Waals surface area contributed by atoms with Gasteiger partial charge in [0.1, 0.15) is 10.5 Å². The molecule has 4 nitrogen and oxygen atoms in total. The molecule has 21 heavy (non-hydrogen) atoms. The van der Waals surface area contributed by atoms with Crippen LogP contribution in [-0.4, -0.2) is 23.3 Å². The number of ether oxygens (including phenoxy) is 1. The first-order chi connectivity index (χ1) is 10.0. The predicted octanol–water partition coefficient (Wildman–Crippen LogP) is 4.20. The Morgan fingerprint density at radius 2 is 2.10 bits per heavy atom. The molecule has 0 radical (unpaired) electrons. The van der Waals surface area contributed by atoms with Crippen LogP contribution in [0.5, 0.6) is 0 Å². The lowest BCUT2D eigenvalue weighted by Crippen LogP contribution is -2.22. The maximum atomic E-state index is 13.0. The first kappa shape index (κ1) is 14.0. The normalized spacial score (nSPS) is 13.7. The van der Waals surface area contributed by atoms with Gasteiger partial charge in [-0.25, -0.2) is 9.97 Å². The van der Waals surface area contributed by atoms with Crippen LogP contribution < -0.4 is 0 Å². The molecule has 8 heteroatoms. The summed E-state index contributed by atoms with van der Waals surface area (Å²) in [5.74, 6) is 0. The first-order valence-electron chi connectivity index (χ1n) is 5.87. The zero-order valence-electron chi connectivity index (χ0n) is 10.7. The van der Waals surface area contributed by atoms with Crippen molar-refractivity contribution in [3.63, 3.8) is 0 Å². The Labute approximate surface area is 121 Å². The van der Waals surface area contributed by atoms with Crippen LogP contribution in [0, 0.1) is 0 Å². The number of rotatable bonds is 3. The van der Waals surface area contributed by atoms with E-state index in [-0.39, 0.29) is 5.56 Å². The minimum atomic E-state index is -4.51. The predicted molar refractivity (Wildman–Crippen MR) is 70.9 cm³/mol. The van der Waals surface area contributed by atoms with E-state index in [0.717, 1.165) is 7.11 Å². The Hall–Kier alpha value is -1.93. The molecule has 1 aromatic carbocycles. The molecule has 0 amide bonds. The van der Waals surface area contributed by atoms with E-state index < -0.39 is 12.3 Å². The quantitative estimate of drug-likeness (QED) is 0.727. The Kier molecular flexibility index (Phi) is 3.42. The van der Waals surface area contributed by atoms with Crippen molar-refractivity contribution in [3.8, 4) is 10.6 Å². The molecule has 0 aliphatic rings. The lowest BCUT2D eigenvalue weighted by Gasteiger charge is -2.19. The smallest absolute Gasteiger partial charge is 0.418 e. The topological polar surface area (TPSA) is 48.2 Å². The number of hydrogen-bond acceptors (Lipinski definition) is 5. The summed E-state index contributed by atoms with van der Waals surface area (Å²) < 4.78 is 48.9. The van der Waals surface area contributed by atoms with E-state index in [9.17, 15) is 13.2 Å².